The Morgan fingerprint density at radius 1 is 1.06 bits per heavy atom. The van der Waals surface area contributed by atoms with Gasteiger partial charge in [0, 0.05) is 14.1 Å². The lowest BCUT2D eigenvalue weighted by Crippen LogP contribution is -2.23. The van der Waals surface area contributed by atoms with Crippen molar-refractivity contribution >= 4 is 33.0 Å². The third-order valence-corrected chi connectivity index (χ3v) is 7.62. The number of methoxy groups -OCH3 is 1. The summed E-state index contributed by atoms with van der Waals surface area (Å²) in [5.74, 6) is -0.114. The van der Waals surface area contributed by atoms with E-state index in [2.05, 4.69) is 10.4 Å². The van der Waals surface area contributed by atoms with Crippen molar-refractivity contribution in [1.29, 1.82) is 0 Å². The number of hydrogen-bond acceptors (Lipinski definition) is 6. The molecule has 33 heavy (non-hydrogen) atoms. The first kappa shape index (κ1) is 22.7. The molecule has 0 aliphatic rings. The molecule has 0 unspecified atom stereocenters. The molecular weight excluding hydrogens is 460 g/mol. The van der Waals surface area contributed by atoms with Crippen molar-refractivity contribution in [1.82, 2.24) is 14.1 Å². The molecule has 0 bridgehead atoms. The molecule has 0 aliphatic carbocycles. The van der Waals surface area contributed by atoms with E-state index < -0.39 is 15.9 Å². The third-order valence-electron chi connectivity index (χ3n) is 4.91. The van der Waals surface area contributed by atoms with Crippen molar-refractivity contribution in [3.63, 3.8) is 0 Å². The second-order valence-electron chi connectivity index (χ2n) is 7.24. The van der Waals surface area contributed by atoms with Gasteiger partial charge in [-0.15, -0.1) is 11.3 Å². The lowest BCUT2D eigenvalue weighted by atomic mass is 10.2. The van der Waals surface area contributed by atoms with Gasteiger partial charge in [-0.2, -0.15) is 5.10 Å². The maximum Gasteiger partial charge on any atom is 0.274 e. The number of para-hydroxylation sites is 1. The van der Waals surface area contributed by atoms with E-state index in [1.807, 2.05) is 47.8 Å². The van der Waals surface area contributed by atoms with Crippen LogP contribution in [0.25, 0.3) is 16.3 Å². The van der Waals surface area contributed by atoms with E-state index in [1.54, 1.807) is 10.7 Å². The number of thiophene rings is 1. The van der Waals surface area contributed by atoms with Crippen LogP contribution in [0.4, 0.5) is 5.69 Å². The van der Waals surface area contributed by atoms with Gasteiger partial charge in [-0.05, 0) is 47.8 Å². The van der Waals surface area contributed by atoms with Crippen molar-refractivity contribution in [3.8, 4) is 22.0 Å². The predicted octanol–water partition coefficient (Wildman–Crippen LogP) is 4.11. The topological polar surface area (TPSA) is 93.5 Å². The first-order chi connectivity index (χ1) is 15.8. The minimum absolute atomic E-state index is 0.0411. The molecule has 0 saturated heterocycles. The number of nitrogens with one attached hydrogen (secondary N) is 1. The zero-order valence-electron chi connectivity index (χ0n) is 18.2. The van der Waals surface area contributed by atoms with Gasteiger partial charge in [-0.1, -0.05) is 24.3 Å². The fourth-order valence-corrected chi connectivity index (χ4v) is 4.81. The number of aromatic nitrogens is 2. The van der Waals surface area contributed by atoms with Crippen molar-refractivity contribution in [3.05, 3.63) is 77.8 Å². The predicted molar refractivity (Wildman–Crippen MR) is 129 cm³/mol. The fraction of sp³-hybridized carbons (Fsp3) is 0.130. The molecule has 2 heterocycles. The summed E-state index contributed by atoms with van der Waals surface area (Å²) < 4.78 is 33.2. The molecule has 8 nitrogen and oxygen atoms in total. The minimum atomic E-state index is -3.69. The molecule has 2 aromatic carbocycles. The Morgan fingerprint density at radius 2 is 1.82 bits per heavy atom. The Morgan fingerprint density at radius 3 is 2.45 bits per heavy atom. The molecule has 4 rings (SSSR count). The van der Waals surface area contributed by atoms with Crippen LogP contribution >= 0.6 is 11.3 Å². The molecule has 0 aliphatic heterocycles. The quantitative estimate of drug-likeness (QED) is 0.428. The molecule has 10 heteroatoms. The van der Waals surface area contributed by atoms with E-state index in [-0.39, 0.29) is 10.6 Å². The van der Waals surface area contributed by atoms with E-state index in [1.165, 1.54) is 50.7 Å². The molecule has 0 atom stereocenters. The second-order valence-corrected chi connectivity index (χ2v) is 10.3. The second kappa shape index (κ2) is 9.18. The number of carbonyl (C=O) groups is 1. The summed E-state index contributed by atoms with van der Waals surface area (Å²) in [5, 5.41) is 9.38. The maximum absolute atomic E-state index is 13.4. The first-order valence-electron chi connectivity index (χ1n) is 9.92. The summed E-state index contributed by atoms with van der Waals surface area (Å²) in [4.78, 5) is 14.3. The van der Waals surface area contributed by atoms with Crippen LogP contribution in [-0.2, 0) is 10.0 Å². The molecule has 2 aromatic heterocycles. The number of sulfonamides is 1. The average Bonchev–Trinajstić information content (AvgIpc) is 3.49. The van der Waals surface area contributed by atoms with Gasteiger partial charge >= 0.3 is 0 Å². The van der Waals surface area contributed by atoms with Crippen molar-refractivity contribution < 1.29 is 17.9 Å². The highest BCUT2D eigenvalue weighted by atomic mass is 32.2. The number of benzene rings is 2. The highest BCUT2D eigenvalue weighted by molar-refractivity contribution is 7.89. The smallest absolute Gasteiger partial charge is 0.274 e. The Labute approximate surface area is 196 Å². The maximum atomic E-state index is 13.4. The van der Waals surface area contributed by atoms with Gasteiger partial charge in [0.1, 0.15) is 17.1 Å². The van der Waals surface area contributed by atoms with Gasteiger partial charge in [0.2, 0.25) is 10.0 Å². The fourth-order valence-electron chi connectivity index (χ4n) is 3.20. The number of rotatable bonds is 7. The van der Waals surface area contributed by atoms with Crippen LogP contribution in [0.1, 0.15) is 10.5 Å². The van der Waals surface area contributed by atoms with E-state index in [4.69, 9.17) is 4.74 Å². The molecule has 1 amide bonds. The van der Waals surface area contributed by atoms with Gasteiger partial charge in [0.05, 0.1) is 28.3 Å². The zero-order valence-corrected chi connectivity index (χ0v) is 19.9. The summed E-state index contributed by atoms with van der Waals surface area (Å²) >= 11 is 1.52. The summed E-state index contributed by atoms with van der Waals surface area (Å²) in [6.07, 6.45) is 0. The Bertz CT molecular complexity index is 1380. The van der Waals surface area contributed by atoms with Crippen molar-refractivity contribution in [2.75, 3.05) is 26.5 Å². The van der Waals surface area contributed by atoms with Gasteiger partial charge in [0.15, 0.2) is 0 Å². The van der Waals surface area contributed by atoms with Crippen LogP contribution in [0.2, 0.25) is 0 Å². The van der Waals surface area contributed by atoms with E-state index in [0.29, 0.717) is 17.1 Å². The van der Waals surface area contributed by atoms with E-state index in [9.17, 15) is 13.2 Å². The van der Waals surface area contributed by atoms with Crippen molar-refractivity contribution in [2.45, 2.75) is 4.90 Å². The number of anilines is 1. The summed E-state index contributed by atoms with van der Waals surface area (Å²) in [7, 11) is 0.655. The minimum Gasteiger partial charge on any atom is -0.495 e. The number of ether oxygens (including phenoxy) is 1. The summed E-state index contributed by atoms with van der Waals surface area (Å²) in [6.45, 7) is 0. The molecule has 1 N–H and O–H groups in total. The number of carbonyl (C=O) groups excluding carboxylic acids is 1. The largest absolute Gasteiger partial charge is 0.495 e. The van der Waals surface area contributed by atoms with Crippen LogP contribution in [0.5, 0.6) is 5.75 Å². The summed E-state index contributed by atoms with van der Waals surface area (Å²) in [6, 6.07) is 19.2. The normalized spacial score (nSPS) is 11.5. The van der Waals surface area contributed by atoms with Crippen LogP contribution in [-0.4, -0.2) is 49.6 Å². The highest BCUT2D eigenvalue weighted by Gasteiger charge is 2.22. The van der Waals surface area contributed by atoms with Gasteiger partial charge in [-0.25, -0.2) is 17.4 Å². The monoisotopic (exact) mass is 482 g/mol. The Hall–Kier alpha value is -3.47. The molecule has 0 fully saturated rings. The van der Waals surface area contributed by atoms with E-state index in [0.717, 1.165) is 14.9 Å². The van der Waals surface area contributed by atoms with Crippen LogP contribution < -0.4 is 10.1 Å². The zero-order chi connectivity index (χ0) is 23.6. The molecule has 0 spiro atoms. The third kappa shape index (κ3) is 4.54. The Kier molecular flexibility index (Phi) is 6.32. The van der Waals surface area contributed by atoms with Gasteiger partial charge in [0.25, 0.3) is 5.91 Å². The van der Waals surface area contributed by atoms with Crippen molar-refractivity contribution in [2.24, 2.45) is 0 Å². The lowest BCUT2D eigenvalue weighted by molar-refractivity contribution is 0.101. The molecule has 4 aromatic rings. The van der Waals surface area contributed by atoms with Gasteiger partial charge in [-0.3, -0.25) is 4.79 Å². The number of hydrogen-bond donors (Lipinski definition) is 1. The standard InChI is InChI=1S/C23H22N4O4S2/c1-26(2)33(29,30)17-11-12-21(31-3)18(14-17)24-23(28)20-15-19(22-10-7-13-32-22)25-27(20)16-8-5-4-6-9-16/h4-15H,1-3H3,(H,24,28). The van der Waals surface area contributed by atoms with Crippen LogP contribution in [0, 0.1) is 0 Å². The van der Waals surface area contributed by atoms with Gasteiger partial charge < -0.3 is 10.1 Å². The SMILES string of the molecule is COc1ccc(S(=O)(=O)N(C)C)cc1NC(=O)c1cc(-c2cccs2)nn1-c1ccccc1. The molecule has 0 saturated carbocycles. The number of nitrogens with zero attached hydrogens (tertiary/aromatic N) is 3. The Balaban J connectivity index is 1.76. The number of amides is 1. The molecule has 170 valence electrons. The molecule has 0 radical (unpaired) electrons. The van der Waals surface area contributed by atoms with E-state index >= 15 is 0 Å². The summed E-state index contributed by atoms with van der Waals surface area (Å²) in [5.41, 5.74) is 1.92. The van der Waals surface area contributed by atoms with Crippen LogP contribution in [0.15, 0.2) is 77.0 Å². The van der Waals surface area contributed by atoms with Crippen LogP contribution in [0.3, 0.4) is 0 Å². The average molecular weight is 483 g/mol. The molecular formula is C23H22N4O4S2. The first-order valence-corrected chi connectivity index (χ1v) is 12.2. The lowest BCUT2D eigenvalue weighted by Gasteiger charge is -2.15. The highest BCUT2D eigenvalue weighted by Crippen LogP contribution is 2.30.